The summed E-state index contributed by atoms with van der Waals surface area (Å²) in [6.07, 6.45) is 3.09. The number of hydrogen-bond donors (Lipinski definition) is 1. The van der Waals surface area contributed by atoms with Crippen molar-refractivity contribution in [2.45, 2.75) is 6.54 Å². The molecule has 0 fully saturated rings. The van der Waals surface area contributed by atoms with Gasteiger partial charge in [-0.25, -0.2) is 14.4 Å². The molecule has 0 aliphatic rings. The van der Waals surface area contributed by atoms with Crippen LogP contribution in [0.4, 0.5) is 10.2 Å². The second-order valence-electron chi connectivity index (χ2n) is 3.32. The average molecular weight is 317 g/mol. The molecule has 1 aromatic heterocycles. The monoisotopic (exact) mass is 315 g/mol. The molecule has 6 heteroatoms. The van der Waals surface area contributed by atoms with Gasteiger partial charge in [0.25, 0.3) is 0 Å². The molecule has 1 heterocycles. The number of aromatic nitrogens is 2. The van der Waals surface area contributed by atoms with Gasteiger partial charge in [-0.15, -0.1) is 0 Å². The van der Waals surface area contributed by atoms with E-state index >= 15 is 0 Å². The molecule has 88 valence electrons. The first-order chi connectivity index (χ1) is 8.16. The van der Waals surface area contributed by atoms with E-state index in [0.717, 1.165) is 10.0 Å². The fraction of sp³-hybridized carbons (Fsp3) is 0.0909. The third-order valence-electron chi connectivity index (χ3n) is 2.11. The van der Waals surface area contributed by atoms with E-state index < -0.39 is 5.82 Å². The highest BCUT2D eigenvalue weighted by Crippen LogP contribution is 2.20. The van der Waals surface area contributed by atoms with E-state index in [9.17, 15) is 4.39 Å². The molecule has 0 spiro atoms. The molecular weight excluding hydrogens is 308 g/mol. The normalized spacial score (nSPS) is 10.3. The van der Waals surface area contributed by atoms with Gasteiger partial charge >= 0.3 is 0 Å². The summed E-state index contributed by atoms with van der Waals surface area (Å²) < 4.78 is 13.7. The predicted molar refractivity (Wildman–Crippen MR) is 68.5 cm³/mol. The first-order valence-electron chi connectivity index (χ1n) is 4.80. The number of rotatable bonds is 3. The molecule has 3 nitrogen and oxygen atoms in total. The number of hydrogen-bond acceptors (Lipinski definition) is 3. The standard InChI is InChI=1S/C11H8BrClFN3/c12-8-5-15-6-17-11(8)16-4-7-1-2-10(14)9(13)3-7/h1-3,5-6H,4H2,(H,15,16,17). The Labute approximate surface area is 111 Å². The maximum atomic E-state index is 12.9. The van der Waals surface area contributed by atoms with Gasteiger partial charge in [-0.1, -0.05) is 17.7 Å². The van der Waals surface area contributed by atoms with Gasteiger partial charge in [0.1, 0.15) is 18.0 Å². The molecule has 0 radical (unpaired) electrons. The Balaban J connectivity index is 2.08. The predicted octanol–water partition coefficient (Wildman–Crippen LogP) is 3.64. The average Bonchev–Trinajstić information content (AvgIpc) is 2.32. The van der Waals surface area contributed by atoms with Crippen LogP contribution in [0.2, 0.25) is 5.02 Å². The Morgan fingerprint density at radius 1 is 1.41 bits per heavy atom. The van der Waals surface area contributed by atoms with Crippen molar-refractivity contribution >= 4 is 33.3 Å². The van der Waals surface area contributed by atoms with Crippen molar-refractivity contribution < 1.29 is 4.39 Å². The van der Waals surface area contributed by atoms with Gasteiger partial charge in [-0.05, 0) is 33.6 Å². The lowest BCUT2D eigenvalue weighted by atomic mass is 10.2. The molecule has 0 aliphatic heterocycles. The van der Waals surface area contributed by atoms with E-state index in [1.807, 2.05) is 0 Å². The van der Waals surface area contributed by atoms with E-state index in [2.05, 4.69) is 31.2 Å². The van der Waals surface area contributed by atoms with Crippen LogP contribution in [0.15, 0.2) is 35.2 Å². The van der Waals surface area contributed by atoms with E-state index in [0.29, 0.717) is 12.4 Å². The van der Waals surface area contributed by atoms with Crippen LogP contribution in [-0.2, 0) is 6.54 Å². The third-order valence-corrected chi connectivity index (χ3v) is 2.98. The first kappa shape index (κ1) is 12.3. The molecule has 1 N–H and O–H groups in total. The van der Waals surface area contributed by atoms with Crippen molar-refractivity contribution in [3.05, 3.63) is 51.6 Å². The summed E-state index contributed by atoms with van der Waals surface area (Å²) in [5.74, 6) is 0.263. The second-order valence-corrected chi connectivity index (χ2v) is 4.58. The van der Waals surface area contributed by atoms with Crippen LogP contribution in [0.5, 0.6) is 0 Å². The Kier molecular flexibility index (Phi) is 3.91. The molecular formula is C11H8BrClFN3. The van der Waals surface area contributed by atoms with Crippen molar-refractivity contribution in [1.29, 1.82) is 0 Å². The van der Waals surface area contributed by atoms with Crippen LogP contribution in [0.3, 0.4) is 0 Å². The summed E-state index contributed by atoms with van der Waals surface area (Å²) in [5, 5.41) is 3.21. The quantitative estimate of drug-likeness (QED) is 0.939. The van der Waals surface area contributed by atoms with Gasteiger partial charge in [0.15, 0.2) is 0 Å². The fourth-order valence-electron chi connectivity index (χ4n) is 1.28. The molecule has 0 saturated heterocycles. The highest BCUT2D eigenvalue weighted by molar-refractivity contribution is 9.10. The summed E-state index contributed by atoms with van der Waals surface area (Å²) in [7, 11) is 0. The molecule has 1 aromatic carbocycles. The molecule has 0 bridgehead atoms. The molecule has 0 atom stereocenters. The Morgan fingerprint density at radius 3 is 2.94 bits per heavy atom. The van der Waals surface area contributed by atoms with Gasteiger partial charge in [0.05, 0.1) is 9.50 Å². The molecule has 0 aliphatic carbocycles. The third kappa shape index (κ3) is 3.14. The summed E-state index contributed by atoms with van der Waals surface area (Å²) in [4.78, 5) is 7.91. The number of anilines is 1. The van der Waals surface area contributed by atoms with Crippen LogP contribution in [0, 0.1) is 5.82 Å². The van der Waals surface area contributed by atoms with E-state index in [4.69, 9.17) is 11.6 Å². The van der Waals surface area contributed by atoms with Gasteiger partial charge in [0, 0.05) is 12.7 Å². The van der Waals surface area contributed by atoms with Crippen molar-refractivity contribution in [2.75, 3.05) is 5.32 Å². The van der Waals surface area contributed by atoms with Crippen LogP contribution in [-0.4, -0.2) is 9.97 Å². The SMILES string of the molecule is Fc1ccc(CNc2ncncc2Br)cc1Cl. The molecule has 0 saturated carbocycles. The Hall–Kier alpha value is -1.20. The Morgan fingerprint density at radius 2 is 2.24 bits per heavy atom. The highest BCUT2D eigenvalue weighted by Gasteiger charge is 2.03. The minimum absolute atomic E-state index is 0.117. The second kappa shape index (κ2) is 5.42. The molecule has 0 unspecified atom stereocenters. The van der Waals surface area contributed by atoms with Crippen LogP contribution < -0.4 is 5.32 Å². The van der Waals surface area contributed by atoms with Crippen LogP contribution >= 0.6 is 27.5 Å². The van der Waals surface area contributed by atoms with E-state index in [1.54, 1.807) is 18.3 Å². The summed E-state index contributed by atoms with van der Waals surface area (Å²) in [6, 6.07) is 4.59. The minimum atomic E-state index is -0.418. The highest BCUT2D eigenvalue weighted by atomic mass is 79.9. The number of nitrogens with zero attached hydrogens (tertiary/aromatic N) is 2. The maximum Gasteiger partial charge on any atom is 0.144 e. The van der Waals surface area contributed by atoms with Gasteiger partial charge < -0.3 is 5.32 Å². The number of halogens is 3. The number of nitrogens with one attached hydrogen (secondary N) is 1. The first-order valence-corrected chi connectivity index (χ1v) is 5.97. The van der Waals surface area contributed by atoms with Crippen LogP contribution in [0.25, 0.3) is 0 Å². The van der Waals surface area contributed by atoms with Gasteiger partial charge in [-0.3, -0.25) is 0 Å². The van der Waals surface area contributed by atoms with Crippen molar-refractivity contribution in [2.24, 2.45) is 0 Å². The lowest BCUT2D eigenvalue weighted by Crippen LogP contribution is -2.02. The molecule has 0 amide bonds. The van der Waals surface area contributed by atoms with Crippen molar-refractivity contribution in [3.8, 4) is 0 Å². The minimum Gasteiger partial charge on any atom is -0.365 e. The lowest BCUT2D eigenvalue weighted by molar-refractivity contribution is 0.627. The van der Waals surface area contributed by atoms with E-state index in [1.165, 1.54) is 12.4 Å². The zero-order valence-electron chi connectivity index (χ0n) is 8.62. The lowest BCUT2D eigenvalue weighted by Gasteiger charge is -2.07. The summed E-state index contributed by atoms with van der Waals surface area (Å²) in [6.45, 7) is 0.510. The zero-order valence-corrected chi connectivity index (χ0v) is 11.0. The molecule has 17 heavy (non-hydrogen) atoms. The van der Waals surface area contributed by atoms with Gasteiger partial charge in [-0.2, -0.15) is 0 Å². The van der Waals surface area contributed by atoms with E-state index in [-0.39, 0.29) is 5.02 Å². The fourth-order valence-corrected chi connectivity index (χ4v) is 1.84. The number of benzene rings is 1. The van der Waals surface area contributed by atoms with Crippen molar-refractivity contribution in [1.82, 2.24) is 9.97 Å². The largest absolute Gasteiger partial charge is 0.365 e. The summed E-state index contributed by atoms with van der Waals surface area (Å²) in [5.41, 5.74) is 0.877. The van der Waals surface area contributed by atoms with Crippen molar-refractivity contribution in [3.63, 3.8) is 0 Å². The van der Waals surface area contributed by atoms with Gasteiger partial charge in [0.2, 0.25) is 0 Å². The Bertz CT molecular complexity index is 536. The molecule has 2 rings (SSSR count). The van der Waals surface area contributed by atoms with Crippen LogP contribution in [0.1, 0.15) is 5.56 Å². The molecule has 2 aromatic rings. The maximum absolute atomic E-state index is 12.9. The smallest absolute Gasteiger partial charge is 0.144 e. The summed E-state index contributed by atoms with van der Waals surface area (Å²) >= 11 is 9.01. The zero-order chi connectivity index (χ0) is 12.3. The topological polar surface area (TPSA) is 37.8 Å².